The van der Waals surface area contributed by atoms with Crippen molar-refractivity contribution in [2.45, 2.75) is 19.9 Å². The standard InChI is InChI=1S/C22H17F3O3/c1-15-2-4-16(5-3-15)14-27-21-11-8-18(12-19(21)13-26)17-6-9-20(10-7-17)28-22(23,24)25/h2-13H,14H2,1H3. The fraction of sp³-hybridized carbons (Fsp3) is 0.136. The molecule has 0 aliphatic heterocycles. The summed E-state index contributed by atoms with van der Waals surface area (Å²) in [6, 6.07) is 18.4. The summed E-state index contributed by atoms with van der Waals surface area (Å²) >= 11 is 0. The molecule has 28 heavy (non-hydrogen) atoms. The lowest BCUT2D eigenvalue weighted by atomic mass is 10.0. The lowest BCUT2D eigenvalue weighted by Gasteiger charge is -2.12. The Morgan fingerprint density at radius 1 is 0.893 bits per heavy atom. The summed E-state index contributed by atoms with van der Waals surface area (Å²) in [5, 5.41) is 0. The van der Waals surface area contributed by atoms with Crippen molar-refractivity contribution in [3.8, 4) is 22.6 Å². The first-order chi connectivity index (χ1) is 13.3. The molecule has 3 nitrogen and oxygen atoms in total. The summed E-state index contributed by atoms with van der Waals surface area (Å²) in [4.78, 5) is 11.5. The third-order valence-electron chi connectivity index (χ3n) is 4.07. The Labute approximate surface area is 160 Å². The summed E-state index contributed by atoms with van der Waals surface area (Å²) in [5.74, 6) is 0.140. The highest BCUT2D eigenvalue weighted by Crippen LogP contribution is 2.29. The van der Waals surface area contributed by atoms with E-state index in [-0.39, 0.29) is 5.75 Å². The van der Waals surface area contributed by atoms with Gasteiger partial charge >= 0.3 is 6.36 Å². The van der Waals surface area contributed by atoms with Crippen molar-refractivity contribution >= 4 is 6.29 Å². The van der Waals surface area contributed by atoms with Gasteiger partial charge < -0.3 is 9.47 Å². The lowest BCUT2D eigenvalue weighted by molar-refractivity contribution is -0.274. The molecule has 0 fully saturated rings. The summed E-state index contributed by atoms with van der Waals surface area (Å²) < 4.78 is 46.3. The van der Waals surface area contributed by atoms with Crippen molar-refractivity contribution in [3.63, 3.8) is 0 Å². The van der Waals surface area contributed by atoms with E-state index in [9.17, 15) is 18.0 Å². The van der Waals surface area contributed by atoms with Gasteiger partial charge in [-0.3, -0.25) is 4.79 Å². The van der Waals surface area contributed by atoms with Gasteiger partial charge in [0.25, 0.3) is 0 Å². The second-order valence-corrected chi connectivity index (χ2v) is 6.22. The number of hydrogen-bond donors (Lipinski definition) is 0. The first-order valence-corrected chi connectivity index (χ1v) is 8.48. The summed E-state index contributed by atoms with van der Waals surface area (Å²) in [6.45, 7) is 2.32. The van der Waals surface area contributed by atoms with Crippen LogP contribution in [0.25, 0.3) is 11.1 Å². The molecule has 0 unspecified atom stereocenters. The maximum atomic E-state index is 12.2. The number of ether oxygens (including phenoxy) is 2. The van der Waals surface area contributed by atoms with Gasteiger partial charge in [-0.15, -0.1) is 13.2 Å². The highest BCUT2D eigenvalue weighted by molar-refractivity contribution is 5.83. The number of aryl methyl sites for hydroxylation is 1. The first kappa shape index (κ1) is 19.5. The number of halogens is 3. The van der Waals surface area contributed by atoms with Crippen LogP contribution in [0.3, 0.4) is 0 Å². The summed E-state index contributed by atoms with van der Waals surface area (Å²) in [7, 11) is 0. The van der Waals surface area contributed by atoms with Crippen LogP contribution in [0, 0.1) is 6.92 Å². The van der Waals surface area contributed by atoms with E-state index in [1.54, 1.807) is 18.2 Å². The molecule has 0 bridgehead atoms. The lowest BCUT2D eigenvalue weighted by Crippen LogP contribution is -2.16. The van der Waals surface area contributed by atoms with Gasteiger partial charge in [0.2, 0.25) is 0 Å². The third-order valence-corrected chi connectivity index (χ3v) is 4.07. The van der Waals surface area contributed by atoms with Crippen molar-refractivity contribution < 1.29 is 27.4 Å². The molecule has 0 atom stereocenters. The second kappa shape index (κ2) is 8.17. The zero-order valence-corrected chi connectivity index (χ0v) is 15.0. The average molecular weight is 386 g/mol. The SMILES string of the molecule is Cc1ccc(COc2ccc(-c3ccc(OC(F)(F)F)cc3)cc2C=O)cc1. The van der Waals surface area contributed by atoms with E-state index in [1.165, 1.54) is 24.3 Å². The number of rotatable bonds is 6. The van der Waals surface area contributed by atoms with Crippen molar-refractivity contribution in [2.75, 3.05) is 0 Å². The van der Waals surface area contributed by atoms with Gasteiger partial charge in [-0.25, -0.2) is 0 Å². The number of benzene rings is 3. The Morgan fingerprint density at radius 3 is 2.14 bits per heavy atom. The highest BCUT2D eigenvalue weighted by Gasteiger charge is 2.30. The van der Waals surface area contributed by atoms with E-state index >= 15 is 0 Å². The molecular formula is C22H17F3O3. The Balaban J connectivity index is 1.75. The summed E-state index contributed by atoms with van der Waals surface area (Å²) in [5.41, 5.74) is 3.83. The molecule has 144 valence electrons. The van der Waals surface area contributed by atoms with Gasteiger partial charge in [-0.1, -0.05) is 48.0 Å². The van der Waals surface area contributed by atoms with E-state index in [0.29, 0.717) is 35.3 Å². The maximum Gasteiger partial charge on any atom is 0.573 e. The predicted molar refractivity (Wildman–Crippen MR) is 99.5 cm³/mol. The van der Waals surface area contributed by atoms with Crippen molar-refractivity contribution in [2.24, 2.45) is 0 Å². The molecule has 0 heterocycles. The predicted octanol–water partition coefficient (Wildman–Crippen LogP) is 5.95. The molecule has 0 saturated heterocycles. The fourth-order valence-electron chi connectivity index (χ4n) is 2.65. The van der Waals surface area contributed by atoms with Gasteiger partial charge in [0.1, 0.15) is 18.1 Å². The van der Waals surface area contributed by atoms with Crippen molar-refractivity contribution in [3.05, 3.63) is 83.4 Å². The Morgan fingerprint density at radius 2 is 1.54 bits per heavy atom. The Kier molecular flexibility index (Phi) is 5.68. The number of carbonyl (C=O) groups is 1. The molecule has 0 aromatic heterocycles. The second-order valence-electron chi connectivity index (χ2n) is 6.22. The molecule has 6 heteroatoms. The van der Waals surface area contributed by atoms with E-state index in [4.69, 9.17) is 4.74 Å². The quantitative estimate of drug-likeness (QED) is 0.491. The van der Waals surface area contributed by atoms with Gasteiger partial charge in [0.05, 0.1) is 5.56 Å². The van der Waals surface area contributed by atoms with Crippen LogP contribution in [0.15, 0.2) is 66.7 Å². The van der Waals surface area contributed by atoms with Crippen LogP contribution in [0.2, 0.25) is 0 Å². The summed E-state index contributed by atoms with van der Waals surface area (Å²) in [6.07, 6.45) is -4.04. The molecule has 3 aromatic carbocycles. The van der Waals surface area contributed by atoms with E-state index in [1.807, 2.05) is 31.2 Å². The monoisotopic (exact) mass is 386 g/mol. The van der Waals surface area contributed by atoms with Crippen molar-refractivity contribution in [1.29, 1.82) is 0 Å². The molecule has 0 aliphatic carbocycles. The van der Waals surface area contributed by atoms with Crippen LogP contribution in [0.4, 0.5) is 13.2 Å². The molecule has 3 rings (SSSR count). The zero-order valence-electron chi connectivity index (χ0n) is 15.0. The van der Waals surface area contributed by atoms with E-state index in [0.717, 1.165) is 11.1 Å². The molecular weight excluding hydrogens is 369 g/mol. The molecule has 3 aromatic rings. The Hall–Kier alpha value is -3.28. The van der Waals surface area contributed by atoms with Crippen LogP contribution in [0.1, 0.15) is 21.5 Å². The smallest absolute Gasteiger partial charge is 0.488 e. The van der Waals surface area contributed by atoms with Crippen LogP contribution >= 0.6 is 0 Å². The van der Waals surface area contributed by atoms with Crippen LogP contribution in [-0.2, 0) is 6.61 Å². The minimum absolute atomic E-state index is 0.301. The minimum atomic E-state index is -4.73. The number of carbonyl (C=O) groups excluding carboxylic acids is 1. The molecule has 0 radical (unpaired) electrons. The van der Waals surface area contributed by atoms with Gasteiger partial charge in [-0.2, -0.15) is 0 Å². The van der Waals surface area contributed by atoms with Gasteiger partial charge in [0, 0.05) is 0 Å². The highest BCUT2D eigenvalue weighted by atomic mass is 19.4. The zero-order chi connectivity index (χ0) is 20.1. The van der Waals surface area contributed by atoms with Gasteiger partial charge in [-0.05, 0) is 47.9 Å². The van der Waals surface area contributed by atoms with Crippen LogP contribution in [0.5, 0.6) is 11.5 Å². The fourth-order valence-corrected chi connectivity index (χ4v) is 2.65. The van der Waals surface area contributed by atoms with E-state index in [2.05, 4.69) is 4.74 Å². The largest absolute Gasteiger partial charge is 0.573 e. The number of alkyl halides is 3. The third kappa shape index (κ3) is 5.13. The average Bonchev–Trinajstić information content (AvgIpc) is 2.67. The molecule has 0 aliphatic rings. The Bertz CT molecular complexity index is 946. The number of aldehydes is 1. The maximum absolute atomic E-state index is 12.2. The van der Waals surface area contributed by atoms with E-state index < -0.39 is 6.36 Å². The molecule has 0 spiro atoms. The molecule has 0 N–H and O–H groups in total. The van der Waals surface area contributed by atoms with Gasteiger partial charge in [0.15, 0.2) is 6.29 Å². The number of hydrogen-bond acceptors (Lipinski definition) is 3. The normalized spacial score (nSPS) is 11.1. The van der Waals surface area contributed by atoms with Crippen LogP contribution in [-0.4, -0.2) is 12.6 Å². The minimum Gasteiger partial charge on any atom is -0.488 e. The molecule has 0 saturated carbocycles. The van der Waals surface area contributed by atoms with Crippen LogP contribution < -0.4 is 9.47 Å². The molecule has 0 amide bonds. The van der Waals surface area contributed by atoms with Crippen molar-refractivity contribution in [1.82, 2.24) is 0 Å². The topological polar surface area (TPSA) is 35.5 Å². The first-order valence-electron chi connectivity index (χ1n) is 8.48.